The van der Waals surface area contributed by atoms with Crippen LogP contribution in [0.25, 0.3) is 10.9 Å². The van der Waals surface area contributed by atoms with Crippen LogP contribution in [0.15, 0.2) is 24.3 Å². The second-order valence-corrected chi connectivity index (χ2v) is 4.71. The van der Waals surface area contributed by atoms with Crippen LogP contribution in [0.3, 0.4) is 0 Å². The number of benzene rings is 1. The zero-order valence-electron chi connectivity index (χ0n) is 10.3. The Kier molecular flexibility index (Phi) is 3.01. The van der Waals surface area contributed by atoms with Gasteiger partial charge in [0.2, 0.25) is 0 Å². The Bertz CT molecular complexity index is 495. The van der Waals surface area contributed by atoms with Crippen LogP contribution < -0.4 is 5.73 Å². The summed E-state index contributed by atoms with van der Waals surface area (Å²) in [5.74, 6) is 0.586. The summed E-state index contributed by atoms with van der Waals surface area (Å²) in [6.45, 7) is 5.16. The third-order valence-corrected chi connectivity index (χ3v) is 3.23. The number of nitrogens with zero attached hydrogens (tertiary/aromatic N) is 1. The van der Waals surface area contributed by atoms with Crippen LogP contribution in [-0.4, -0.2) is 11.1 Å². The van der Waals surface area contributed by atoms with E-state index in [0.717, 1.165) is 6.42 Å². The topological polar surface area (TPSA) is 30.9 Å². The average molecular weight is 216 g/mol. The van der Waals surface area contributed by atoms with Gasteiger partial charge >= 0.3 is 0 Å². The van der Waals surface area contributed by atoms with Crippen LogP contribution in [0.1, 0.15) is 31.0 Å². The lowest BCUT2D eigenvalue weighted by atomic mass is 10.0. The first kappa shape index (κ1) is 11.2. The fourth-order valence-electron chi connectivity index (χ4n) is 2.17. The summed E-state index contributed by atoms with van der Waals surface area (Å²) in [4.78, 5) is 0. The van der Waals surface area contributed by atoms with Crippen molar-refractivity contribution < 1.29 is 0 Å². The standard InChI is InChI=1S/C14H20N2/c1-10(2)11-4-5-14-12(8-11)9-13(6-7-15)16(14)3/h4-5,8-10H,6-7,15H2,1-3H3. The number of aryl methyl sites for hydroxylation is 1. The molecule has 0 saturated heterocycles. The van der Waals surface area contributed by atoms with Gasteiger partial charge < -0.3 is 10.3 Å². The van der Waals surface area contributed by atoms with Crippen LogP contribution in [0.2, 0.25) is 0 Å². The zero-order valence-corrected chi connectivity index (χ0v) is 10.3. The molecule has 16 heavy (non-hydrogen) atoms. The molecule has 1 aromatic carbocycles. The SMILES string of the molecule is CC(C)c1ccc2c(c1)cc(CCN)n2C. The van der Waals surface area contributed by atoms with Crippen molar-refractivity contribution in [2.75, 3.05) is 6.54 Å². The summed E-state index contributed by atoms with van der Waals surface area (Å²) < 4.78 is 2.24. The summed E-state index contributed by atoms with van der Waals surface area (Å²) in [5.41, 5.74) is 9.63. The molecule has 2 aromatic rings. The molecule has 0 spiro atoms. The number of hydrogen-bond donors (Lipinski definition) is 1. The van der Waals surface area contributed by atoms with Crippen molar-refractivity contribution in [1.29, 1.82) is 0 Å². The number of rotatable bonds is 3. The molecule has 0 unspecified atom stereocenters. The Morgan fingerprint density at radius 1 is 1.25 bits per heavy atom. The van der Waals surface area contributed by atoms with Crippen molar-refractivity contribution in [3.05, 3.63) is 35.5 Å². The summed E-state index contributed by atoms with van der Waals surface area (Å²) in [6, 6.07) is 8.98. The summed E-state index contributed by atoms with van der Waals surface area (Å²) in [5, 5.41) is 1.33. The van der Waals surface area contributed by atoms with E-state index in [9.17, 15) is 0 Å². The predicted octanol–water partition coefficient (Wildman–Crippen LogP) is 2.80. The fourth-order valence-corrected chi connectivity index (χ4v) is 2.17. The van der Waals surface area contributed by atoms with Crippen LogP contribution in [-0.2, 0) is 13.5 Å². The molecule has 0 aliphatic heterocycles. The maximum atomic E-state index is 5.62. The second-order valence-electron chi connectivity index (χ2n) is 4.71. The third-order valence-electron chi connectivity index (χ3n) is 3.23. The minimum Gasteiger partial charge on any atom is -0.348 e. The van der Waals surface area contributed by atoms with E-state index in [1.807, 2.05) is 0 Å². The maximum Gasteiger partial charge on any atom is 0.0480 e. The van der Waals surface area contributed by atoms with E-state index in [2.05, 4.69) is 49.7 Å². The predicted molar refractivity (Wildman–Crippen MR) is 69.8 cm³/mol. The molecule has 0 saturated carbocycles. The fraction of sp³-hybridized carbons (Fsp3) is 0.429. The lowest BCUT2D eigenvalue weighted by molar-refractivity contribution is 0.827. The Morgan fingerprint density at radius 2 is 2.00 bits per heavy atom. The number of aromatic nitrogens is 1. The Labute approximate surface area is 97.1 Å². The molecule has 1 heterocycles. The number of nitrogens with two attached hydrogens (primary N) is 1. The van der Waals surface area contributed by atoms with Crippen molar-refractivity contribution in [2.24, 2.45) is 12.8 Å². The normalized spacial score (nSPS) is 11.6. The van der Waals surface area contributed by atoms with Crippen LogP contribution in [0.4, 0.5) is 0 Å². The highest BCUT2D eigenvalue weighted by Gasteiger charge is 2.07. The van der Waals surface area contributed by atoms with E-state index in [4.69, 9.17) is 5.73 Å². The minimum absolute atomic E-state index is 0.586. The molecule has 2 nitrogen and oxygen atoms in total. The van der Waals surface area contributed by atoms with Gasteiger partial charge in [-0.1, -0.05) is 19.9 Å². The first-order valence-corrected chi connectivity index (χ1v) is 5.91. The Balaban J connectivity index is 2.53. The first-order valence-electron chi connectivity index (χ1n) is 5.91. The highest BCUT2D eigenvalue weighted by Crippen LogP contribution is 2.24. The van der Waals surface area contributed by atoms with Gasteiger partial charge in [0.25, 0.3) is 0 Å². The van der Waals surface area contributed by atoms with Gasteiger partial charge in [0.05, 0.1) is 0 Å². The number of fused-ring (bicyclic) bond motifs is 1. The van der Waals surface area contributed by atoms with Crippen molar-refractivity contribution in [3.63, 3.8) is 0 Å². The monoisotopic (exact) mass is 216 g/mol. The van der Waals surface area contributed by atoms with Crippen molar-refractivity contribution in [2.45, 2.75) is 26.2 Å². The van der Waals surface area contributed by atoms with E-state index in [1.165, 1.54) is 22.2 Å². The van der Waals surface area contributed by atoms with Crippen LogP contribution in [0, 0.1) is 0 Å². The van der Waals surface area contributed by atoms with Crippen molar-refractivity contribution in [1.82, 2.24) is 4.57 Å². The lowest BCUT2D eigenvalue weighted by Crippen LogP contribution is -2.06. The highest BCUT2D eigenvalue weighted by molar-refractivity contribution is 5.82. The molecular formula is C14H20N2. The van der Waals surface area contributed by atoms with Gasteiger partial charge in [0.15, 0.2) is 0 Å². The molecule has 0 aliphatic carbocycles. The van der Waals surface area contributed by atoms with Crippen molar-refractivity contribution in [3.8, 4) is 0 Å². The first-order chi connectivity index (χ1) is 7.63. The Hall–Kier alpha value is -1.28. The second kappa shape index (κ2) is 4.30. The van der Waals surface area contributed by atoms with Gasteiger partial charge in [-0.15, -0.1) is 0 Å². The van der Waals surface area contributed by atoms with Crippen LogP contribution in [0.5, 0.6) is 0 Å². The molecular weight excluding hydrogens is 196 g/mol. The molecule has 0 amide bonds. The van der Waals surface area contributed by atoms with E-state index in [0.29, 0.717) is 12.5 Å². The molecule has 0 radical (unpaired) electrons. The maximum absolute atomic E-state index is 5.62. The molecule has 0 atom stereocenters. The molecule has 1 aromatic heterocycles. The molecule has 0 bridgehead atoms. The smallest absolute Gasteiger partial charge is 0.0480 e. The quantitative estimate of drug-likeness (QED) is 0.840. The van der Waals surface area contributed by atoms with E-state index in [-0.39, 0.29) is 0 Å². The molecule has 2 N–H and O–H groups in total. The van der Waals surface area contributed by atoms with E-state index in [1.54, 1.807) is 0 Å². The van der Waals surface area contributed by atoms with Gasteiger partial charge in [0, 0.05) is 23.6 Å². The molecule has 0 aliphatic rings. The van der Waals surface area contributed by atoms with Gasteiger partial charge in [-0.2, -0.15) is 0 Å². The van der Waals surface area contributed by atoms with Gasteiger partial charge in [-0.25, -0.2) is 0 Å². The summed E-state index contributed by atoms with van der Waals surface area (Å²) in [7, 11) is 2.11. The molecule has 2 rings (SSSR count). The van der Waals surface area contributed by atoms with Crippen molar-refractivity contribution >= 4 is 10.9 Å². The highest BCUT2D eigenvalue weighted by atomic mass is 14.9. The third kappa shape index (κ3) is 1.85. The molecule has 0 fully saturated rings. The molecule has 2 heteroatoms. The average Bonchev–Trinajstić information content (AvgIpc) is 2.56. The van der Waals surface area contributed by atoms with Gasteiger partial charge in [-0.05, 0) is 42.6 Å². The van der Waals surface area contributed by atoms with Crippen LogP contribution >= 0.6 is 0 Å². The van der Waals surface area contributed by atoms with Gasteiger partial charge in [0.1, 0.15) is 0 Å². The van der Waals surface area contributed by atoms with Gasteiger partial charge in [-0.3, -0.25) is 0 Å². The zero-order chi connectivity index (χ0) is 11.7. The Morgan fingerprint density at radius 3 is 2.62 bits per heavy atom. The minimum atomic E-state index is 0.586. The largest absolute Gasteiger partial charge is 0.348 e. The summed E-state index contributed by atoms with van der Waals surface area (Å²) >= 11 is 0. The van der Waals surface area contributed by atoms with E-state index >= 15 is 0 Å². The summed E-state index contributed by atoms with van der Waals surface area (Å²) in [6.07, 6.45) is 0.947. The lowest BCUT2D eigenvalue weighted by Gasteiger charge is -2.06. The van der Waals surface area contributed by atoms with E-state index < -0.39 is 0 Å². The number of hydrogen-bond acceptors (Lipinski definition) is 1. The molecule has 86 valence electrons.